The van der Waals surface area contributed by atoms with Crippen LogP contribution >= 0.6 is 0 Å². The molecule has 0 fully saturated rings. The average molecular weight is 293 g/mol. The SMILES string of the molecule is CC(C)(CNc1ccnc2c(N)cccc12)S(C)(=O)=O. The second-order valence-corrected chi connectivity index (χ2v) is 8.14. The summed E-state index contributed by atoms with van der Waals surface area (Å²) in [5.74, 6) is 0. The summed E-state index contributed by atoms with van der Waals surface area (Å²) in [6.45, 7) is 3.72. The van der Waals surface area contributed by atoms with Crippen LogP contribution in [0.2, 0.25) is 0 Å². The van der Waals surface area contributed by atoms with Crippen LogP contribution in [0.4, 0.5) is 11.4 Å². The van der Waals surface area contributed by atoms with Gasteiger partial charge in [-0.1, -0.05) is 12.1 Å². The third-order valence-corrected chi connectivity index (χ3v) is 5.66. The van der Waals surface area contributed by atoms with Gasteiger partial charge in [0.25, 0.3) is 0 Å². The van der Waals surface area contributed by atoms with E-state index in [0.29, 0.717) is 12.2 Å². The molecule has 5 nitrogen and oxygen atoms in total. The fraction of sp³-hybridized carbons (Fsp3) is 0.357. The van der Waals surface area contributed by atoms with Crippen LogP contribution in [-0.2, 0) is 9.84 Å². The number of sulfone groups is 1. The summed E-state index contributed by atoms with van der Waals surface area (Å²) in [6.07, 6.45) is 2.91. The molecular formula is C14H19N3O2S. The fourth-order valence-electron chi connectivity index (χ4n) is 1.79. The number of pyridine rings is 1. The molecule has 0 saturated carbocycles. The van der Waals surface area contributed by atoms with Crippen molar-refractivity contribution in [1.29, 1.82) is 0 Å². The first-order valence-electron chi connectivity index (χ1n) is 6.29. The standard InChI is InChI=1S/C14H19N3O2S/c1-14(2,20(3,18)19)9-17-12-7-8-16-13-10(12)5-4-6-11(13)15/h4-8H,9,15H2,1-3H3,(H,16,17). The molecule has 0 bridgehead atoms. The molecule has 1 aromatic heterocycles. The highest BCUT2D eigenvalue weighted by Gasteiger charge is 2.29. The number of aromatic nitrogens is 1. The number of nitrogen functional groups attached to an aromatic ring is 1. The largest absolute Gasteiger partial charge is 0.397 e. The number of nitrogens with two attached hydrogens (primary N) is 1. The molecule has 1 aromatic carbocycles. The van der Waals surface area contributed by atoms with Crippen molar-refractivity contribution < 1.29 is 8.42 Å². The third-order valence-electron chi connectivity index (χ3n) is 3.51. The number of nitrogens with zero attached hydrogens (tertiary/aromatic N) is 1. The minimum atomic E-state index is -3.14. The number of anilines is 2. The third kappa shape index (κ3) is 2.70. The molecule has 20 heavy (non-hydrogen) atoms. The van der Waals surface area contributed by atoms with Crippen LogP contribution in [0, 0.1) is 0 Å². The molecule has 0 aliphatic heterocycles. The van der Waals surface area contributed by atoms with Gasteiger partial charge < -0.3 is 11.1 Å². The fourth-order valence-corrected chi connectivity index (χ4v) is 2.13. The lowest BCUT2D eigenvalue weighted by molar-refractivity contribution is 0.560. The zero-order chi connectivity index (χ0) is 15.0. The molecule has 0 amide bonds. The zero-order valence-corrected chi connectivity index (χ0v) is 12.7. The van der Waals surface area contributed by atoms with E-state index >= 15 is 0 Å². The van der Waals surface area contributed by atoms with Gasteiger partial charge in [-0.2, -0.15) is 0 Å². The van der Waals surface area contributed by atoms with Crippen molar-refractivity contribution in [3.63, 3.8) is 0 Å². The van der Waals surface area contributed by atoms with E-state index in [1.165, 1.54) is 6.26 Å². The normalized spacial score (nSPS) is 12.6. The molecule has 1 heterocycles. The lowest BCUT2D eigenvalue weighted by atomic mass is 10.1. The zero-order valence-electron chi connectivity index (χ0n) is 11.8. The quantitative estimate of drug-likeness (QED) is 0.843. The number of hydrogen-bond donors (Lipinski definition) is 2. The molecule has 2 aromatic rings. The Hall–Kier alpha value is -1.82. The topological polar surface area (TPSA) is 85.1 Å². The van der Waals surface area contributed by atoms with Crippen molar-refractivity contribution in [2.75, 3.05) is 23.9 Å². The lowest BCUT2D eigenvalue weighted by Gasteiger charge is -2.23. The van der Waals surface area contributed by atoms with E-state index < -0.39 is 14.6 Å². The molecule has 0 saturated heterocycles. The van der Waals surface area contributed by atoms with Gasteiger partial charge in [0.2, 0.25) is 0 Å². The van der Waals surface area contributed by atoms with Gasteiger partial charge in [-0.3, -0.25) is 4.98 Å². The van der Waals surface area contributed by atoms with Gasteiger partial charge >= 0.3 is 0 Å². The molecule has 0 aliphatic carbocycles. The lowest BCUT2D eigenvalue weighted by Crippen LogP contribution is -2.38. The molecular weight excluding hydrogens is 274 g/mol. The predicted octanol–water partition coefficient (Wildman–Crippen LogP) is 2.05. The van der Waals surface area contributed by atoms with E-state index in [9.17, 15) is 8.42 Å². The molecule has 108 valence electrons. The summed E-state index contributed by atoms with van der Waals surface area (Å²) in [4.78, 5) is 4.25. The van der Waals surface area contributed by atoms with E-state index in [2.05, 4.69) is 10.3 Å². The van der Waals surface area contributed by atoms with E-state index in [1.807, 2.05) is 18.2 Å². The Morgan fingerprint density at radius 2 is 2.00 bits per heavy atom. The summed E-state index contributed by atoms with van der Waals surface area (Å²) < 4.78 is 22.6. The van der Waals surface area contributed by atoms with Crippen LogP contribution in [0.25, 0.3) is 10.9 Å². The Morgan fingerprint density at radius 3 is 2.65 bits per heavy atom. The van der Waals surface area contributed by atoms with Crippen LogP contribution in [-0.4, -0.2) is 30.9 Å². The van der Waals surface area contributed by atoms with Gasteiger partial charge in [0.05, 0.1) is 16.0 Å². The van der Waals surface area contributed by atoms with Crippen molar-refractivity contribution in [1.82, 2.24) is 4.98 Å². The van der Waals surface area contributed by atoms with Crippen molar-refractivity contribution in [2.45, 2.75) is 18.6 Å². The highest BCUT2D eigenvalue weighted by atomic mass is 32.2. The Morgan fingerprint density at radius 1 is 1.30 bits per heavy atom. The Bertz CT molecular complexity index is 739. The average Bonchev–Trinajstić information content (AvgIpc) is 2.35. The van der Waals surface area contributed by atoms with Crippen LogP contribution in [0.5, 0.6) is 0 Å². The minimum Gasteiger partial charge on any atom is -0.397 e. The molecule has 0 unspecified atom stereocenters. The van der Waals surface area contributed by atoms with Crippen molar-refractivity contribution >= 4 is 32.1 Å². The smallest absolute Gasteiger partial charge is 0.154 e. The molecule has 0 radical (unpaired) electrons. The number of benzene rings is 1. The maximum Gasteiger partial charge on any atom is 0.154 e. The second-order valence-electron chi connectivity index (χ2n) is 5.49. The number of rotatable bonds is 4. The van der Waals surface area contributed by atoms with E-state index in [-0.39, 0.29) is 0 Å². The van der Waals surface area contributed by atoms with Crippen molar-refractivity contribution in [2.24, 2.45) is 0 Å². The minimum absolute atomic E-state index is 0.319. The first kappa shape index (κ1) is 14.6. The number of para-hydroxylation sites is 1. The second kappa shape index (κ2) is 4.94. The Balaban J connectivity index is 2.34. The van der Waals surface area contributed by atoms with E-state index in [0.717, 1.165) is 16.6 Å². The Labute approximate surface area is 119 Å². The van der Waals surface area contributed by atoms with Crippen LogP contribution in [0.3, 0.4) is 0 Å². The van der Waals surface area contributed by atoms with Gasteiger partial charge in [0.1, 0.15) is 0 Å². The Kier molecular flexibility index (Phi) is 3.60. The predicted molar refractivity (Wildman–Crippen MR) is 83.6 cm³/mol. The van der Waals surface area contributed by atoms with Crippen LogP contribution in [0.15, 0.2) is 30.5 Å². The van der Waals surface area contributed by atoms with Crippen molar-refractivity contribution in [3.8, 4) is 0 Å². The first-order chi connectivity index (χ1) is 9.22. The molecule has 0 spiro atoms. The van der Waals surface area contributed by atoms with Crippen molar-refractivity contribution in [3.05, 3.63) is 30.5 Å². The van der Waals surface area contributed by atoms with E-state index in [4.69, 9.17) is 5.73 Å². The number of hydrogen-bond acceptors (Lipinski definition) is 5. The van der Waals surface area contributed by atoms with Gasteiger partial charge in [0.15, 0.2) is 9.84 Å². The van der Waals surface area contributed by atoms with Crippen LogP contribution < -0.4 is 11.1 Å². The molecule has 2 rings (SSSR count). The van der Waals surface area contributed by atoms with Crippen LogP contribution in [0.1, 0.15) is 13.8 Å². The highest BCUT2D eigenvalue weighted by Crippen LogP contribution is 2.26. The van der Waals surface area contributed by atoms with E-state index in [1.54, 1.807) is 26.1 Å². The van der Waals surface area contributed by atoms with Gasteiger partial charge in [-0.15, -0.1) is 0 Å². The maximum atomic E-state index is 11.7. The molecule has 0 atom stereocenters. The molecule has 3 N–H and O–H groups in total. The van der Waals surface area contributed by atoms with Gasteiger partial charge in [-0.05, 0) is 26.0 Å². The summed E-state index contributed by atoms with van der Waals surface area (Å²) in [6, 6.07) is 7.38. The van der Waals surface area contributed by atoms with Gasteiger partial charge in [-0.25, -0.2) is 8.42 Å². The first-order valence-corrected chi connectivity index (χ1v) is 8.18. The monoisotopic (exact) mass is 293 g/mol. The number of nitrogens with one attached hydrogen (secondary N) is 1. The molecule has 6 heteroatoms. The number of fused-ring (bicyclic) bond motifs is 1. The highest BCUT2D eigenvalue weighted by molar-refractivity contribution is 7.92. The summed E-state index contributed by atoms with van der Waals surface area (Å²) in [5.41, 5.74) is 8.04. The maximum absolute atomic E-state index is 11.7. The molecule has 0 aliphatic rings. The summed E-state index contributed by atoms with van der Waals surface area (Å²) in [5, 5.41) is 4.07. The van der Waals surface area contributed by atoms with Gasteiger partial charge in [0, 0.05) is 30.1 Å². The summed E-state index contributed by atoms with van der Waals surface area (Å²) >= 11 is 0. The summed E-state index contributed by atoms with van der Waals surface area (Å²) in [7, 11) is -3.14.